The fourth-order valence-corrected chi connectivity index (χ4v) is 1.20. The van der Waals surface area contributed by atoms with Crippen LogP contribution in [0.2, 0.25) is 0 Å². The minimum Gasteiger partial charge on any atom is -0.544 e. The van der Waals surface area contributed by atoms with Gasteiger partial charge in [0.25, 0.3) is 11.4 Å². The summed E-state index contributed by atoms with van der Waals surface area (Å²) in [6.07, 6.45) is 0. The minimum absolute atomic E-state index is 0.187. The Morgan fingerprint density at radius 3 is 1.82 bits per heavy atom. The van der Waals surface area contributed by atoms with Gasteiger partial charge in [-0.25, -0.2) is 0 Å². The molecule has 0 amide bonds. The van der Waals surface area contributed by atoms with Gasteiger partial charge in [0.2, 0.25) is 0 Å². The second-order valence-corrected chi connectivity index (χ2v) is 2.84. The number of nitrogens with zero attached hydrogens (tertiary/aromatic N) is 2. The number of carbonyl (C=O) groups is 1. The van der Waals surface area contributed by atoms with E-state index < -0.39 is 32.8 Å². The van der Waals surface area contributed by atoms with Crippen molar-refractivity contribution in [3.05, 3.63) is 37.9 Å². The molecular weight excluding hydrogens is 236 g/mol. The third kappa shape index (κ3) is 2.27. The van der Waals surface area contributed by atoms with Gasteiger partial charge in [0.1, 0.15) is 5.75 Å². The molecule has 0 aliphatic carbocycles. The zero-order valence-electron chi connectivity index (χ0n) is 8.41. The minimum atomic E-state index is -1.99. The number of carboxylic acids is 1. The molecule has 1 rings (SSSR count). The maximum atomic E-state index is 10.7. The topological polar surface area (TPSA) is 136 Å². The second-order valence-electron chi connectivity index (χ2n) is 2.84. The number of benzene rings is 1. The summed E-state index contributed by atoms with van der Waals surface area (Å²) < 4.78 is 4.61. The maximum Gasteiger partial charge on any atom is 0.289 e. The summed E-state index contributed by atoms with van der Waals surface area (Å²) in [6, 6.07) is 1.55. The highest BCUT2D eigenvalue weighted by atomic mass is 16.6. The van der Waals surface area contributed by atoms with E-state index in [0.29, 0.717) is 0 Å². The number of nitro benzene ring substituents is 2. The summed E-state index contributed by atoms with van der Waals surface area (Å²) in [5.74, 6) is -2.18. The molecule has 1 aromatic carbocycles. The smallest absolute Gasteiger partial charge is 0.289 e. The van der Waals surface area contributed by atoms with Crippen LogP contribution in [0.25, 0.3) is 0 Å². The quantitative estimate of drug-likeness (QED) is 0.529. The van der Waals surface area contributed by atoms with E-state index in [1.165, 1.54) is 0 Å². The van der Waals surface area contributed by atoms with Crippen LogP contribution in [0.4, 0.5) is 11.4 Å². The number of hydrogen-bond acceptors (Lipinski definition) is 7. The van der Waals surface area contributed by atoms with Gasteiger partial charge < -0.3 is 14.6 Å². The van der Waals surface area contributed by atoms with E-state index >= 15 is 0 Å². The summed E-state index contributed by atoms with van der Waals surface area (Å²) in [5.41, 5.74) is -2.98. The van der Waals surface area contributed by atoms with Crippen LogP contribution in [0.3, 0.4) is 0 Å². The summed E-state index contributed by atoms with van der Waals surface area (Å²) in [6.45, 7) is 0. The molecule has 0 unspecified atom stereocenters. The predicted molar refractivity (Wildman–Crippen MR) is 50.6 cm³/mol. The lowest BCUT2D eigenvalue weighted by Crippen LogP contribution is -2.24. The van der Waals surface area contributed by atoms with Crippen molar-refractivity contribution in [2.75, 3.05) is 7.11 Å². The first-order valence-corrected chi connectivity index (χ1v) is 4.10. The van der Waals surface area contributed by atoms with Crippen molar-refractivity contribution in [2.45, 2.75) is 0 Å². The van der Waals surface area contributed by atoms with Crippen molar-refractivity contribution >= 4 is 17.3 Å². The van der Waals surface area contributed by atoms with E-state index in [2.05, 4.69) is 4.74 Å². The Morgan fingerprint density at radius 1 is 1.18 bits per heavy atom. The monoisotopic (exact) mass is 241 g/mol. The zero-order valence-corrected chi connectivity index (χ0v) is 8.41. The van der Waals surface area contributed by atoms with Crippen LogP contribution in [-0.2, 0) is 0 Å². The van der Waals surface area contributed by atoms with Crippen molar-refractivity contribution in [3.63, 3.8) is 0 Å². The Hall–Kier alpha value is -2.71. The molecule has 9 nitrogen and oxygen atoms in total. The molecule has 17 heavy (non-hydrogen) atoms. The lowest BCUT2D eigenvalue weighted by molar-refractivity contribution is -0.396. The molecule has 9 heteroatoms. The van der Waals surface area contributed by atoms with Crippen molar-refractivity contribution in [1.29, 1.82) is 0 Å². The highest BCUT2D eigenvalue weighted by molar-refractivity contribution is 5.96. The molecule has 0 bridgehead atoms. The lowest BCUT2D eigenvalue weighted by atomic mass is 10.1. The van der Waals surface area contributed by atoms with Crippen LogP contribution in [0.15, 0.2) is 12.1 Å². The second kappa shape index (κ2) is 4.43. The van der Waals surface area contributed by atoms with Crippen LogP contribution in [0.5, 0.6) is 5.75 Å². The van der Waals surface area contributed by atoms with E-state index in [4.69, 9.17) is 0 Å². The average molecular weight is 241 g/mol. The molecular formula is C8H5N2O7-. The molecule has 0 heterocycles. The number of rotatable bonds is 4. The van der Waals surface area contributed by atoms with Crippen LogP contribution in [0.1, 0.15) is 10.4 Å². The Morgan fingerprint density at radius 2 is 1.59 bits per heavy atom. The van der Waals surface area contributed by atoms with E-state index in [9.17, 15) is 30.1 Å². The highest BCUT2D eigenvalue weighted by Gasteiger charge is 2.27. The van der Waals surface area contributed by atoms with Gasteiger partial charge in [-0.15, -0.1) is 0 Å². The fourth-order valence-electron chi connectivity index (χ4n) is 1.20. The third-order valence-corrected chi connectivity index (χ3v) is 1.90. The molecule has 0 aliphatic heterocycles. The van der Waals surface area contributed by atoms with Gasteiger partial charge >= 0.3 is 0 Å². The number of carbonyl (C=O) groups excluding carboxylic acids is 1. The molecule has 0 aromatic heterocycles. The first kappa shape index (κ1) is 12.4. The Labute approximate surface area is 93.5 Å². The van der Waals surface area contributed by atoms with Gasteiger partial charge in [0.05, 0.1) is 35.1 Å². The number of carboxylic acid groups (broad SMARTS) is 1. The standard InChI is InChI=1S/C8H6N2O7/c1-17-4-2-5(9(13)14)7(8(11)12)6(3-4)10(15)16/h2-3H,1H3,(H,11,12)/p-1. The molecule has 90 valence electrons. The number of nitro groups is 2. The van der Waals surface area contributed by atoms with E-state index in [0.717, 1.165) is 19.2 Å². The Balaban J connectivity index is 3.67. The molecule has 0 spiro atoms. The van der Waals surface area contributed by atoms with Crippen LogP contribution in [0, 0.1) is 20.2 Å². The Kier molecular flexibility index (Phi) is 3.22. The Bertz CT molecular complexity index is 476. The average Bonchev–Trinajstić information content (AvgIpc) is 2.26. The number of aromatic carboxylic acids is 1. The first-order chi connectivity index (χ1) is 7.88. The van der Waals surface area contributed by atoms with E-state index in [1.807, 2.05) is 0 Å². The summed E-state index contributed by atoms with van der Waals surface area (Å²) in [7, 11) is 1.14. The SMILES string of the molecule is COc1cc([N+](=O)[O-])c(C(=O)[O-])c([N+](=O)[O-])c1. The van der Waals surface area contributed by atoms with Gasteiger partial charge in [-0.2, -0.15) is 0 Å². The largest absolute Gasteiger partial charge is 0.544 e. The van der Waals surface area contributed by atoms with Gasteiger partial charge in [-0.3, -0.25) is 20.2 Å². The number of hydrogen-bond donors (Lipinski definition) is 0. The molecule has 0 saturated carbocycles. The molecule has 0 aliphatic rings. The molecule has 0 fully saturated rings. The maximum absolute atomic E-state index is 10.7. The van der Waals surface area contributed by atoms with Gasteiger partial charge in [-0.1, -0.05) is 0 Å². The third-order valence-electron chi connectivity index (χ3n) is 1.90. The number of ether oxygens (including phenoxy) is 1. The summed E-state index contributed by atoms with van der Waals surface area (Å²) in [5, 5.41) is 31.9. The molecule has 1 aromatic rings. The van der Waals surface area contributed by atoms with Gasteiger partial charge in [-0.05, 0) is 0 Å². The molecule has 0 saturated heterocycles. The van der Waals surface area contributed by atoms with E-state index in [-0.39, 0.29) is 5.75 Å². The van der Waals surface area contributed by atoms with Gasteiger partial charge in [0.15, 0.2) is 5.56 Å². The fraction of sp³-hybridized carbons (Fsp3) is 0.125. The molecule has 0 atom stereocenters. The van der Waals surface area contributed by atoms with Crippen LogP contribution >= 0.6 is 0 Å². The first-order valence-electron chi connectivity index (χ1n) is 4.10. The predicted octanol–water partition coefficient (Wildman–Crippen LogP) is -0.125. The van der Waals surface area contributed by atoms with Crippen molar-refractivity contribution in [2.24, 2.45) is 0 Å². The summed E-state index contributed by atoms with van der Waals surface area (Å²) >= 11 is 0. The highest BCUT2D eigenvalue weighted by Crippen LogP contribution is 2.32. The molecule has 0 radical (unpaired) electrons. The van der Waals surface area contributed by atoms with Crippen molar-refractivity contribution < 1.29 is 24.5 Å². The van der Waals surface area contributed by atoms with Crippen molar-refractivity contribution in [3.8, 4) is 5.75 Å². The van der Waals surface area contributed by atoms with E-state index in [1.54, 1.807) is 0 Å². The number of methoxy groups -OCH3 is 1. The van der Waals surface area contributed by atoms with Crippen LogP contribution < -0.4 is 9.84 Å². The zero-order chi connectivity index (χ0) is 13.2. The van der Waals surface area contributed by atoms with Crippen LogP contribution in [-0.4, -0.2) is 22.9 Å². The summed E-state index contributed by atoms with van der Waals surface area (Å²) in [4.78, 5) is 29.8. The van der Waals surface area contributed by atoms with Crippen molar-refractivity contribution in [1.82, 2.24) is 0 Å². The lowest BCUT2D eigenvalue weighted by Gasteiger charge is -2.07. The molecule has 0 N–H and O–H groups in total. The normalized spacial score (nSPS) is 9.71. The van der Waals surface area contributed by atoms with Gasteiger partial charge in [0, 0.05) is 0 Å².